The molecule has 0 unspecified atom stereocenters. The molecule has 0 bridgehead atoms. The molecule has 1 aliphatic rings. The summed E-state index contributed by atoms with van der Waals surface area (Å²) in [5.74, 6) is -0.182. The van der Waals surface area contributed by atoms with Crippen LogP contribution in [0.2, 0.25) is 5.02 Å². The fourth-order valence-electron chi connectivity index (χ4n) is 3.29. The lowest BCUT2D eigenvalue weighted by molar-refractivity contribution is 0.0157. The number of aliphatic hydroxyl groups is 1. The first-order valence-electron chi connectivity index (χ1n) is 8.17. The van der Waals surface area contributed by atoms with E-state index >= 15 is 0 Å². The van der Waals surface area contributed by atoms with Gasteiger partial charge in [-0.05, 0) is 37.1 Å². The van der Waals surface area contributed by atoms with Gasteiger partial charge in [-0.25, -0.2) is 0 Å². The van der Waals surface area contributed by atoms with E-state index in [-0.39, 0.29) is 5.91 Å². The molecule has 0 atom stereocenters. The fraction of sp³-hybridized carbons (Fsp3) is 0.368. The summed E-state index contributed by atoms with van der Waals surface area (Å²) >= 11 is 6.24. The Kier molecular flexibility index (Phi) is 4.88. The van der Waals surface area contributed by atoms with Crippen LogP contribution in [-0.4, -0.2) is 40.1 Å². The number of nitrogens with zero attached hydrogens (tertiary/aromatic N) is 2. The van der Waals surface area contributed by atoms with Crippen LogP contribution < -0.4 is 0 Å². The van der Waals surface area contributed by atoms with Gasteiger partial charge in [-0.2, -0.15) is 0 Å². The normalized spacial score (nSPS) is 16.1. The molecular weight excluding hydrogens is 324 g/mol. The number of carbonyl (C=O) groups is 1. The Balaban J connectivity index is 1.84. The summed E-state index contributed by atoms with van der Waals surface area (Å²) in [7, 11) is 1.71. The molecule has 24 heavy (non-hydrogen) atoms. The topological polar surface area (TPSA) is 53.4 Å². The van der Waals surface area contributed by atoms with Crippen LogP contribution >= 0.6 is 11.6 Å². The number of rotatable bonds is 4. The van der Waals surface area contributed by atoms with Crippen LogP contribution in [0.25, 0.3) is 11.3 Å². The third kappa shape index (κ3) is 3.60. The van der Waals surface area contributed by atoms with Crippen LogP contribution in [0, 0.1) is 0 Å². The molecule has 0 saturated heterocycles. The molecule has 1 heterocycles. The zero-order chi connectivity index (χ0) is 17.2. The smallest absolute Gasteiger partial charge is 0.255 e. The van der Waals surface area contributed by atoms with Crippen LogP contribution in [0.1, 0.15) is 36.0 Å². The third-order valence-corrected chi connectivity index (χ3v) is 4.90. The number of aromatic nitrogens is 1. The van der Waals surface area contributed by atoms with Crippen molar-refractivity contribution in [3.8, 4) is 11.3 Å². The monoisotopic (exact) mass is 344 g/mol. The maximum Gasteiger partial charge on any atom is 0.255 e. The third-order valence-electron chi connectivity index (χ3n) is 4.57. The summed E-state index contributed by atoms with van der Waals surface area (Å²) in [6, 6.07) is 11.0. The lowest BCUT2D eigenvalue weighted by atomic mass is 10.0. The Bertz CT molecular complexity index is 727. The van der Waals surface area contributed by atoms with E-state index in [9.17, 15) is 9.90 Å². The molecule has 1 N–H and O–H groups in total. The van der Waals surface area contributed by atoms with Gasteiger partial charge in [0.2, 0.25) is 0 Å². The molecule has 0 spiro atoms. The molecule has 1 fully saturated rings. The van der Waals surface area contributed by atoms with Gasteiger partial charge in [0.05, 0.1) is 21.9 Å². The molecular formula is C19H21ClN2O2. The van der Waals surface area contributed by atoms with Crippen molar-refractivity contribution in [2.45, 2.75) is 31.3 Å². The molecule has 3 rings (SSSR count). The van der Waals surface area contributed by atoms with Crippen molar-refractivity contribution in [1.82, 2.24) is 9.88 Å². The molecule has 1 amide bonds. The predicted molar refractivity (Wildman–Crippen MR) is 95.1 cm³/mol. The van der Waals surface area contributed by atoms with E-state index in [2.05, 4.69) is 4.98 Å². The van der Waals surface area contributed by atoms with E-state index in [0.29, 0.717) is 17.1 Å². The van der Waals surface area contributed by atoms with Gasteiger partial charge in [0.1, 0.15) is 0 Å². The van der Waals surface area contributed by atoms with Gasteiger partial charge in [-0.3, -0.25) is 9.78 Å². The number of benzene rings is 1. The lowest BCUT2D eigenvalue weighted by Crippen LogP contribution is -2.42. The number of pyridine rings is 1. The summed E-state index contributed by atoms with van der Waals surface area (Å²) in [6.07, 6.45) is 5.22. The Hall–Kier alpha value is -1.91. The van der Waals surface area contributed by atoms with Crippen molar-refractivity contribution in [2.24, 2.45) is 0 Å². The number of amides is 1. The number of likely N-dealkylation sites (N-methyl/N-ethyl adjacent to an activating group) is 1. The predicted octanol–water partition coefficient (Wildman–Crippen LogP) is 3.78. The standard InChI is InChI=1S/C19H21ClN2O2/c1-22(13-19(24)9-3-4-10-19)18(23)15-12-14(7-8-16(15)20)17-6-2-5-11-21-17/h2,5-8,11-12,24H,3-4,9-10,13H2,1H3. The highest BCUT2D eigenvalue weighted by atomic mass is 35.5. The van der Waals surface area contributed by atoms with Crippen LogP contribution in [0.4, 0.5) is 0 Å². The molecule has 0 aliphatic heterocycles. The second kappa shape index (κ2) is 6.91. The van der Waals surface area contributed by atoms with Gasteiger partial charge in [-0.1, -0.05) is 36.6 Å². The highest BCUT2D eigenvalue weighted by Crippen LogP contribution is 2.31. The van der Waals surface area contributed by atoms with Gasteiger partial charge in [-0.15, -0.1) is 0 Å². The average molecular weight is 345 g/mol. The molecule has 2 aromatic rings. The van der Waals surface area contributed by atoms with Crippen LogP contribution in [0.15, 0.2) is 42.6 Å². The Labute approximate surface area is 147 Å². The highest BCUT2D eigenvalue weighted by Gasteiger charge is 2.33. The Morgan fingerprint density at radius 1 is 1.29 bits per heavy atom. The summed E-state index contributed by atoms with van der Waals surface area (Å²) < 4.78 is 0. The Morgan fingerprint density at radius 2 is 2.04 bits per heavy atom. The van der Waals surface area contributed by atoms with Crippen molar-refractivity contribution in [3.05, 3.63) is 53.2 Å². The van der Waals surface area contributed by atoms with Gasteiger partial charge >= 0.3 is 0 Å². The number of hydrogen-bond acceptors (Lipinski definition) is 3. The minimum Gasteiger partial charge on any atom is -0.388 e. The minimum atomic E-state index is -0.768. The highest BCUT2D eigenvalue weighted by molar-refractivity contribution is 6.34. The molecule has 1 aromatic carbocycles. The zero-order valence-corrected chi connectivity index (χ0v) is 14.5. The SMILES string of the molecule is CN(CC1(O)CCCC1)C(=O)c1cc(-c2ccccn2)ccc1Cl. The maximum absolute atomic E-state index is 12.8. The number of carbonyl (C=O) groups excluding carboxylic acids is 1. The molecule has 126 valence electrons. The van der Waals surface area contributed by atoms with E-state index in [1.165, 1.54) is 0 Å². The molecule has 1 aliphatic carbocycles. The Morgan fingerprint density at radius 3 is 2.71 bits per heavy atom. The number of hydrogen-bond donors (Lipinski definition) is 1. The van der Waals surface area contributed by atoms with Crippen molar-refractivity contribution in [1.29, 1.82) is 0 Å². The summed E-state index contributed by atoms with van der Waals surface area (Å²) in [4.78, 5) is 18.7. The van der Waals surface area contributed by atoms with Gasteiger partial charge < -0.3 is 10.0 Å². The van der Waals surface area contributed by atoms with Gasteiger partial charge in [0, 0.05) is 25.4 Å². The van der Waals surface area contributed by atoms with E-state index in [1.54, 1.807) is 30.3 Å². The van der Waals surface area contributed by atoms with Gasteiger partial charge in [0.25, 0.3) is 5.91 Å². The first kappa shape index (κ1) is 16.9. The van der Waals surface area contributed by atoms with Crippen molar-refractivity contribution in [2.75, 3.05) is 13.6 Å². The second-order valence-corrected chi connectivity index (χ2v) is 6.91. The van der Waals surface area contributed by atoms with E-state index in [4.69, 9.17) is 11.6 Å². The van der Waals surface area contributed by atoms with Crippen molar-refractivity contribution in [3.63, 3.8) is 0 Å². The van der Waals surface area contributed by atoms with E-state index in [1.807, 2.05) is 24.3 Å². The summed E-state index contributed by atoms with van der Waals surface area (Å²) in [5, 5.41) is 10.9. The molecule has 1 saturated carbocycles. The quantitative estimate of drug-likeness (QED) is 0.918. The second-order valence-electron chi connectivity index (χ2n) is 6.50. The molecule has 0 radical (unpaired) electrons. The minimum absolute atomic E-state index is 0.182. The maximum atomic E-state index is 12.8. The first-order valence-corrected chi connectivity index (χ1v) is 8.55. The molecule has 4 nitrogen and oxygen atoms in total. The average Bonchev–Trinajstić information content (AvgIpc) is 3.01. The molecule has 1 aromatic heterocycles. The van der Waals surface area contributed by atoms with Crippen molar-refractivity contribution >= 4 is 17.5 Å². The van der Waals surface area contributed by atoms with Crippen molar-refractivity contribution < 1.29 is 9.90 Å². The summed E-state index contributed by atoms with van der Waals surface area (Å²) in [5.41, 5.74) is 1.30. The largest absolute Gasteiger partial charge is 0.388 e. The number of halogens is 1. The molecule has 5 heteroatoms. The van der Waals surface area contributed by atoms with Crippen LogP contribution in [-0.2, 0) is 0 Å². The van der Waals surface area contributed by atoms with Crippen LogP contribution in [0.3, 0.4) is 0 Å². The van der Waals surface area contributed by atoms with E-state index in [0.717, 1.165) is 36.9 Å². The lowest BCUT2D eigenvalue weighted by Gasteiger charge is -2.29. The first-order chi connectivity index (χ1) is 11.5. The zero-order valence-electron chi connectivity index (χ0n) is 13.7. The fourth-order valence-corrected chi connectivity index (χ4v) is 3.49. The summed E-state index contributed by atoms with van der Waals surface area (Å²) in [6.45, 7) is 0.329. The van der Waals surface area contributed by atoms with E-state index < -0.39 is 5.60 Å². The van der Waals surface area contributed by atoms with Gasteiger partial charge in [0.15, 0.2) is 0 Å². The van der Waals surface area contributed by atoms with Crippen LogP contribution in [0.5, 0.6) is 0 Å².